The smallest absolute Gasteiger partial charge is 0.301 e. The Balaban J connectivity index is 1.71. The van der Waals surface area contributed by atoms with Gasteiger partial charge >= 0.3 is 5.91 Å². The van der Waals surface area contributed by atoms with Crippen molar-refractivity contribution in [2.45, 2.75) is 26.8 Å². The van der Waals surface area contributed by atoms with Gasteiger partial charge in [0, 0.05) is 15.5 Å². The Bertz CT molecular complexity index is 1430. The Kier molecular flexibility index (Phi) is 5.35. The Labute approximate surface area is 203 Å². The summed E-state index contributed by atoms with van der Waals surface area (Å²) in [6, 6.07) is 12.1. The lowest BCUT2D eigenvalue weighted by molar-refractivity contribution is -0.132. The molecule has 1 saturated heterocycles. The van der Waals surface area contributed by atoms with E-state index in [-0.39, 0.29) is 11.3 Å². The predicted molar refractivity (Wildman–Crippen MR) is 134 cm³/mol. The maximum Gasteiger partial charge on any atom is 0.301 e. The summed E-state index contributed by atoms with van der Waals surface area (Å²) < 4.78 is 0.868. The van der Waals surface area contributed by atoms with Crippen molar-refractivity contribution in [2.75, 3.05) is 4.90 Å². The maximum absolute atomic E-state index is 13.3. The number of thiophene rings is 1. The van der Waals surface area contributed by atoms with Gasteiger partial charge in [0.25, 0.3) is 5.78 Å². The molecule has 2 aromatic carbocycles. The van der Waals surface area contributed by atoms with Crippen LogP contribution in [0.1, 0.15) is 33.2 Å². The fraction of sp³-hybridized carbons (Fsp3) is 0.160. The number of aromatic nitrogens is 1. The van der Waals surface area contributed by atoms with Gasteiger partial charge in [-0.2, -0.15) is 0 Å². The zero-order valence-corrected chi connectivity index (χ0v) is 20.4. The van der Waals surface area contributed by atoms with Crippen LogP contribution in [-0.2, 0) is 9.59 Å². The number of rotatable bonds is 3. The van der Waals surface area contributed by atoms with Crippen molar-refractivity contribution < 1.29 is 14.7 Å². The largest absolute Gasteiger partial charge is 0.507 e. The second kappa shape index (κ2) is 8.09. The molecule has 5 nitrogen and oxygen atoms in total. The lowest BCUT2D eigenvalue weighted by Gasteiger charge is -2.21. The van der Waals surface area contributed by atoms with Gasteiger partial charge in [0.15, 0.2) is 5.13 Å². The Morgan fingerprint density at radius 3 is 2.55 bits per heavy atom. The molecule has 0 bridgehead atoms. The second-order valence-corrected chi connectivity index (χ2v) is 10.4. The summed E-state index contributed by atoms with van der Waals surface area (Å²) in [5.74, 6) is -1.62. The molecule has 4 aromatic rings. The number of carbonyl (C=O) groups is 2. The first kappa shape index (κ1) is 21.8. The molecular formula is C25H19ClN2O3S2. The number of thiazole rings is 1. The number of ketones is 1. The topological polar surface area (TPSA) is 70.5 Å². The summed E-state index contributed by atoms with van der Waals surface area (Å²) in [6.07, 6.45) is 0. The van der Waals surface area contributed by atoms with Gasteiger partial charge in [0.1, 0.15) is 11.8 Å². The number of amides is 1. The SMILES string of the molecule is Cc1ccc(/C(O)=C2\C(=O)C(=O)N(c3nc4cc(Cl)c(C)cc4s3)C2c2cccs2)cc1C. The summed E-state index contributed by atoms with van der Waals surface area (Å²) in [4.78, 5) is 33.3. The van der Waals surface area contributed by atoms with Crippen molar-refractivity contribution in [3.63, 3.8) is 0 Å². The van der Waals surface area contributed by atoms with Gasteiger partial charge in [-0.25, -0.2) is 4.98 Å². The van der Waals surface area contributed by atoms with Crippen LogP contribution < -0.4 is 4.90 Å². The molecule has 5 rings (SSSR count). The first-order valence-electron chi connectivity index (χ1n) is 10.2. The summed E-state index contributed by atoms with van der Waals surface area (Å²) in [6.45, 7) is 5.82. The lowest BCUT2D eigenvalue weighted by Crippen LogP contribution is -2.28. The van der Waals surface area contributed by atoms with Gasteiger partial charge in [-0.15, -0.1) is 11.3 Å². The number of halogens is 1. The van der Waals surface area contributed by atoms with E-state index < -0.39 is 17.7 Å². The molecule has 1 aliphatic rings. The maximum atomic E-state index is 13.3. The molecule has 3 heterocycles. The zero-order valence-electron chi connectivity index (χ0n) is 18.0. The van der Waals surface area contributed by atoms with Gasteiger partial charge in [-0.1, -0.05) is 41.1 Å². The van der Waals surface area contributed by atoms with Crippen LogP contribution in [0.15, 0.2) is 53.4 Å². The molecule has 0 spiro atoms. The van der Waals surface area contributed by atoms with E-state index in [2.05, 4.69) is 4.98 Å². The molecule has 1 fully saturated rings. The highest BCUT2D eigenvalue weighted by Gasteiger charge is 2.48. The van der Waals surface area contributed by atoms with Crippen LogP contribution in [0, 0.1) is 20.8 Å². The normalized spacial score (nSPS) is 17.9. The number of benzene rings is 2. The number of Topliss-reactive ketones (excluding diaryl/α,β-unsaturated/α-hetero) is 1. The van der Waals surface area contributed by atoms with E-state index in [1.54, 1.807) is 12.1 Å². The highest BCUT2D eigenvalue weighted by Crippen LogP contribution is 2.45. The van der Waals surface area contributed by atoms with E-state index in [9.17, 15) is 14.7 Å². The van der Waals surface area contributed by atoms with E-state index in [0.717, 1.165) is 26.3 Å². The molecular weight excluding hydrogens is 476 g/mol. The highest BCUT2D eigenvalue weighted by atomic mass is 35.5. The van der Waals surface area contributed by atoms with E-state index in [0.29, 0.717) is 21.2 Å². The Hall–Kier alpha value is -3.00. The van der Waals surface area contributed by atoms with Gasteiger partial charge in [0.05, 0.1) is 15.8 Å². The zero-order chi connectivity index (χ0) is 23.4. The van der Waals surface area contributed by atoms with Crippen molar-refractivity contribution in [3.05, 3.63) is 85.6 Å². The molecule has 0 saturated carbocycles. The van der Waals surface area contributed by atoms with Crippen LogP contribution in [0.5, 0.6) is 0 Å². The number of nitrogens with zero attached hydrogens (tertiary/aromatic N) is 2. The summed E-state index contributed by atoms with van der Waals surface area (Å²) >= 11 is 9.01. The van der Waals surface area contributed by atoms with Crippen LogP contribution >= 0.6 is 34.3 Å². The third kappa shape index (κ3) is 3.57. The van der Waals surface area contributed by atoms with Gasteiger partial charge in [-0.05, 0) is 67.1 Å². The number of anilines is 1. The number of aliphatic hydroxyl groups excluding tert-OH is 1. The van der Waals surface area contributed by atoms with Crippen molar-refractivity contribution in [3.8, 4) is 0 Å². The predicted octanol–water partition coefficient (Wildman–Crippen LogP) is 6.56. The fourth-order valence-corrected chi connectivity index (χ4v) is 5.98. The number of carbonyl (C=O) groups excluding carboxylic acids is 2. The molecule has 1 aliphatic heterocycles. The van der Waals surface area contributed by atoms with Crippen molar-refractivity contribution in [1.29, 1.82) is 0 Å². The van der Waals surface area contributed by atoms with Gasteiger partial charge in [-0.3, -0.25) is 14.5 Å². The van der Waals surface area contributed by atoms with Crippen LogP contribution in [0.25, 0.3) is 16.0 Å². The molecule has 0 radical (unpaired) electrons. The monoisotopic (exact) mass is 494 g/mol. The first-order chi connectivity index (χ1) is 15.8. The van der Waals surface area contributed by atoms with E-state index in [4.69, 9.17) is 11.6 Å². The average molecular weight is 495 g/mol. The molecule has 33 heavy (non-hydrogen) atoms. The minimum absolute atomic E-state index is 0.0687. The standard InChI is InChI=1S/C25H19ClN2O3S2/c1-12-6-7-15(9-13(12)2)22(29)20-21(18-5-4-8-32-18)28(24(31)23(20)30)25-27-17-11-16(26)14(3)10-19(17)33-25/h4-11,21,29H,1-3H3/b22-20+. The van der Waals surface area contributed by atoms with E-state index >= 15 is 0 Å². The minimum atomic E-state index is -0.760. The number of hydrogen-bond donors (Lipinski definition) is 1. The van der Waals surface area contributed by atoms with E-state index in [1.165, 1.54) is 27.6 Å². The second-order valence-electron chi connectivity index (χ2n) is 8.05. The van der Waals surface area contributed by atoms with Gasteiger partial charge < -0.3 is 5.11 Å². The quantitative estimate of drug-likeness (QED) is 0.199. The summed E-state index contributed by atoms with van der Waals surface area (Å²) in [7, 11) is 0. The van der Waals surface area contributed by atoms with Crippen molar-refractivity contribution in [1.82, 2.24) is 4.98 Å². The van der Waals surface area contributed by atoms with E-state index in [1.807, 2.05) is 56.5 Å². The van der Waals surface area contributed by atoms with Crippen LogP contribution in [0.3, 0.4) is 0 Å². The third-order valence-corrected chi connectivity index (χ3v) is 8.25. The fourth-order valence-electron chi connectivity index (χ4n) is 3.93. The van der Waals surface area contributed by atoms with Crippen LogP contribution in [0.2, 0.25) is 5.02 Å². The molecule has 1 atom stereocenters. The van der Waals surface area contributed by atoms with Crippen molar-refractivity contribution >= 4 is 67.1 Å². The first-order valence-corrected chi connectivity index (χ1v) is 12.3. The summed E-state index contributed by atoms with van der Waals surface area (Å²) in [5, 5.41) is 14.1. The van der Waals surface area contributed by atoms with Crippen molar-refractivity contribution in [2.24, 2.45) is 0 Å². The lowest BCUT2D eigenvalue weighted by atomic mass is 9.98. The molecule has 8 heteroatoms. The minimum Gasteiger partial charge on any atom is -0.507 e. The molecule has 0 aliphatic carbocycles. The Morgan fingerprint density at radius 2 is 1.85 bits per heavy atom. The van der Waals surface area contributed by atoms with Gasteiger partial charge in [0.2, 0.25) is 0 Å². The molecule has 1 N–H and O–H groups in total. The number of fused-ring (bicyclic) bond motifs is 1. The molecule has 166 valence electrons. The molecule has 1 unspecified atom stereocenters. The number of hydrogen-bond acceptors (Lipinski definition) is 6. The number of aliphatic hydroxyl groups is 1. The molecule has 2 aromatic heterocycles. The summed E-state index contributed by atoms with van der Waals surface area (Å²) in [5.41, 5.74) is 4.20. The highest BCUT2D eigenvalue weighted by molar-refractivity contribution is 7.22. The van der Waals surface area contributed by atoms with Crippen LogP contribution in [0.4, 0.5) is 5.13 Å². The Morgan fingerprint density at radius 1 is 1.06 bits per heavy atom. The average Bonchev–Trinajstić information content (AvgIpc) is 3.49. The molecule has 1 amide bonds. The third-order valence-electron chi connectivity index (χ3n) is 5.90. The van der Waals surface area contributed by atoms with Crippen LogP contribution in [-0.4, -0.2) is 21.8 Å². The number of aryl methyl sites for hydroxylation is 3.